The minimum absolute atomic E-state index is 0.738. The topological polar surface area (TPSA) is 28.9 Å². The van der Waals surface area contributed by atoms with Crippen molar-refractivity contribution < 1.29 is 9.15 Å². The Morgan fingerprint density at radius 3 is 3.05 bits per heavy atom. The fraction of sp³-hybridized carbons (Fsp3) is 0.750. The van der Waals surface area contributed by atoms with Gasteiger partial charge in [-0.25, -0.2) is 0 Å². The molecule has 0 bridgehead atoms. The van der Waals surface area contributed by atoms with Crippen molar-refractivity contribution in [2.75, 3.05) is 39.4 Å². The lowest BCUT2D eigenvalue weighted by Gasteiger charge is -2.24. The zero-order valence-corrected chi connectivity index (χ0v) is 12.0. The van der Waals surface area contributed by atoms with Gasteiger partial charge >= 0.3 is 0 Å². The number of rotatable bonds is 4. The molecule has 4 heteroatoms. The van der Waals surface area contributed by atoms with Crippen molar-refractivity contribution in [1.82, 2.24) is 9.80 Å². The molecule has 0 saturated carbocycles. The first kappa shape index (κ1) is 12.9. The van der Waals surface area contributed by atoms with Gasteiger partial charge in [0, 0.05) is 32.3 Å². The molecule has 110 valence electrons. The summed E-state index contributed by atoms with van der Waals surface area (Å²) in [4.78, 5) is 5.29. The van der Waals surface area contributed by atoms with Gasteiger partial charge in [0.05, 0.1) is 19.4 Å². The zero-order chi connectivity index (χ0) is 13.4. The molecule has 3 aliphatic rings. The quantitative estimate of drug-likeness (QED) is 0.839. The minimum atomic E-state index is 0.738. The van der Waals surface area contributed by atoms with Crippen LogP contribution >= 0.6 is 0 Å². The van der Waals surface area contributed by atoms with Crippen LogP contribution in [-0.2, 0) is 11.3 Å². The zero-order valence-electron chi connectivity index (χ0n) is 12.0. The van der Waals surface area contributed by atoms with E-state index in [1.54, 1.807) is 6.26 Å². The van der Waals surface area contributed by atoms with Crippen LogP contribution < -0.4 is 0 Å². The summed E-state index contributed by atoms with van der Waals surface area (Å²) in [5.41, 5.74) is 0. The molecule has 3 fully saturated rings. The number of fused-ring (bicyclic) bond motifs is 1. The third-order valence-corrected chi connectivity index (χ3v) is 5.22. The van der Waals surface area contributed by atoms with E-state index in [1.165, 1.54) is 39.0 Å². The van der Waals surface area contributed by atoms with Crippen molar-refractivity contribution in [3.8, 4) is 0 Å². The third kappa shape index (κ3) is 2.52. The average Bonchev–Trinajstić information content (AvgIpc) is 3.18. The molecule has 0 spiro atoms. The van der Waals surface area contributed by atoms with Gasteiger partial charge in [-0.1, -0.05) is 0 Å². The Balaban J connectivity index is 1.34. The Kier molecular flexibility index (Phi) is 3.54. The Morgan fingerprint density at radius 1 is 1.25 bits per heavy atom. The molecule has 3 saturated heterocycles. The van der Waals surface area contributed by atoms with Gasteiger partial charge in [0.25, 0.3) is 0 Å². The number of ether oxygens (including phenoxy) is 1. The first-order valence-electron chi connectivity index (χ1n) is 7.95. The third-order valence-electron chi connectivity index (χ3n) is 5.22. The van der Waals surface area contributed by atoms with Gasteiger partial charge in [0.15, 0.2) is 0 Å². The van der Waals surface area contributed by atoms with E-state index in [2.05, 4.69) is 15.9 Å². The molecule has 0 aliphatic carbocycles. The van der Waals surface area contributed by atoms with Gasteiger partial charge in [0.2, 0.25) is 0 Å². The lowest BCUT2D eigenvalue weighted by Crippen LogP contribution is -2.36. The van der Waals surface area contributed by atoms with E-state index in [-0.39, 0.29) is 0 Å². The summed E-state index contributed by atoms with van der Waals surface area (Å²) in [6.45, 7) is 7.92. The van der Waals surface area contributed by atoms with Crippen molar-refractivity contribution >= 4 is 0 Å². The van der Waals surface area contributed by atoms with Crippen molar-refractivity contribution in [2.24, 2.45) is 11.8 Å². The van der Waals surface area contributed by atoms with E-state index >= 15 is 0 Å². The fourth-order valence-corrected chi connectivity index (χ4v) is 4.18. The highest BCUT2D eigenvalue weighted by atomic mass is 16.5. The Labute approximate surface area is 120 Å². The molecule has 1 aromatic heterocycles. The van der Waals surface area contributed by atoms with Crippen LogP contribution in [0.3, 0.4) is 0 Å². The van der Waals surface area contributed by atoms with E-state index in [0.717, 1.165) is 43.4 Å². The molecule has 1 unspecified atom stereocenters. The summed E-state index contributed by atoms with van der Waals surface area (Å²) in [5.74, 6) is 2.74. The maximum absolute atomic E-state index is 5.51. The van der Waals surface area contributed by atoms with Gasteiger partial charge in [0.1, 0.15) is 5.76 Å². The fourth-order valence-electron chi connectivity index (χ4n) is 4.18. The highest BCUT2D eigenvalue weighted by Crippen LogP contribution is 2.33. The normalized spacial score (nSPS) is 34.9. The van der Waals surface area contributed by atoms with E-state index in [9.17, 15) is 0 Å². The first-order chi connectivity index (χ1) is 9.88. The average molecular weight is 276 g/mol. The van der Waals surface area contributed by atoms with Crippen LogP contribution in [-0.4, -0.2) is 55.2 Å². The van der Waals surface area contributed by atoms with Gasteiger partial charge in [-0.15, -0.1) is 0 Å². The smallest absolute Gasteiger partial charge is 0.117 e. The van der Waals surface area contributed by atoms with Gasteiger partial charge < -0.3 is 14.1 Å². The molecule has 4 rings (SSSR count). The molecular weight excluding hydrogens is 252 g/mol. The van der Waals surface area contributed by atoms with Crippen molar-refractivity contribution in [2.45, 2.75) is 25.4 Å². The first-order valence-corrected chi connectivity index (χ1v) is 7.95. The van der Waals surface area contributed by atoms with E-state index in [1.807, 2.05) is 6.07 Å². The molecule has 0 radical (unpaired) electrons. The van der Waals surface area contributed by atoms with Crippen LogP contribution in [0, 0.1) is 11.8 Å². The lowest BCUT2D eigenvalue weighted by atomic mass is 10.1. The molecular formula is C16H24N2O2. The monoisotopic (exact) mass is 276 g/mol. The second-order valence-electron chi connectivity index (χ2n) is 6.61. The van der Waals surface area contributed by atoms with Gasteiger partial charge in [-0.2, -0.15) is 0 Å². The molecule has 0 N–H and O–H groups in total. The minimum Gasteiger partial charge on any atom is -0.468 e. The van der Waals surface area contributed by atoms with Crippen LogP contribution in [0.25, 0.3) is 0 Å². The molecule has 0 aromatic carbocycles. The molecule has 3 atom stereocenters. The van der Waals surface area contributed by atoms with E-state index in [0.29, 0.717) is 0 Å². The Hall–Kier alpha value is -0.840. The largest absolute Gasteiger partial charge is 0.468 e. The van der Waals surface area contributed by atoms with E-state index in [4.69, 9.17) is 9.15 Å². The molecule has 0 amide bonds. The molecule has 1 aromatic rings. The Bertz CT molecular complexity index is 428. The second-order valence-corrected chi connectivity index (χ2v) is 6.61. The standard InChI is InChI=1S/C16H24N2O2/c1-2-15(20-6-1)10-18-5-3-14-9-17(11-16(14)18)8-13-4-7-19-12-13/h1-2,6,13-14,16H,3-5,7-12H2/t13?,14-,16+/m0/s1. The van der Waals surface area contributed by atoms with Crippen LogP contribution in [0.5, 0.6) is 0 Å². The highest BCUT2D eigenvalue weighted by Gasteiger charge is 2.41. The Morgan fingerprint density at radius 2 is 2.25 bits per heavy atom. The summed E-state index contributed by atoms with van der Waals surface area (Å²) < 4.78 is 11.0. The summed E-state index contributed by atoms with van der Waals surface area (Å²) in [6, 6.07) is 4.82. The predicted octanol–water partition coefficient (Wildman–Crippen LogP) is 1.82. The summed E-state index contributed by atoms with van der Waals surface area (Å²) >= 11 is 0. The SMILES string of the molecule is c1coc(CN2CC[C@H]3CN(CC4CCOC4)C[C@H]32)c1. The number of hydrogen-bond acceptors (Lipinski definition) is 4. The number of likely N-dealkylation sites (tertiary alicyclic amines) is 2. The van der Waals surface area contributed by atoms with Crippen LogP contribution in [0.4, 0.5) is 0 Å². The molecule has 20 heavy (non-hydrogen) atoms. The summed E-state index contributed by atoms with van der Waals surface area (Å²) in [5, 5.41) is 0. The summed E-state index contributed by atoms with van der Waals surface area (Å²) in [7, 11) is 0. The highest BCUT2D eigenvalue weighted by molar-refractivity contribution is 5.02. The molecule has 4 nitrogen and oxygen atoms in total. The van der Waals surface area contributed by atoms with Crippen molar-refractivity contribution in [3.63, 3.8) is 0 Å². The molecule has 4 heterocycles. The maximum atomic E-state index is 5.51. The molecule has 3 aliphatic heterocycles. The maximum Gasteiger partial charge on any atom is 0.117 e. The number of nitrogens with zero attached hydrogens (tertiary/aromatic N) is 2. The summed E-state index contributed by atoms with van der Waals surface area (Å²) in [6.07, 6.45) is 4.38. The van der Waals surface area contributed by atoms with Crippen LogP contribution in [0.1, 0.15) is 18.6 Å². The predicted molar refractivity (Wildman–Crippen MR) is 76.4 cm³/mol. The van der Waals surface area contributed by atoms with Crippen LogP contribution in [0.15, 0.2) is 22.8 Å². The van der Waals surface area contributed by atoms with E-state index < -0.39 is 0 Å². The van der Waals surface area contributed by atoms with Crippen molar-refractivity contribution in [1.29, 1.82) is 0 Å². The van der Waals surface area contributed by atoms with Gasteiger partial charge in [-0.05, 0) is 43.4 Å². The lowest BCUT2D eigenvalue weighted by molar-refractivity contribution is 0.165. The number of hydrogen-bond donors (Lipinski definition) is 0. The van der Waals surface area contributed by atoms with Crippen molar-refractivity contribution in [3.05, 3.63) is 24.2 Å². The van der Waals surface area contributed by atoms with Gasteiger partial charge in [-0.3, -0.25) is 4.90 Å². The second kappa shape index (κ2) is 5.51. The number of furan rings is 1. The van der Waals surface area contributed by atoms with Crippen LogP contribution in [0.2, 0.25) is 0 Å².